The molecular formula is C2H8N2OV. The third kappa shape index (κ3) is 27.6. The fourth-order valence-corrected chi connectivity index (χ4v) is 0. The molecule has 0 amide bonds. The Bertz CT molecular complexity index is 19.0. The molecule has 0 aliphatic carbocycles. The molecule has 4 heteroatoms. The Labute approximate surface area is 46.3 Å². The molecule has 0 aromatic carbocycles. The summed E-state index contributed by atoms with van der Waals surface area (Å²) in [6.07, 6.45) is 0. The monoisotopic (exact) mass is 127 g/mol. The van der Waals surface area contributed by atoms with Crippen molar-refractivity contribution in [2.24, 2.45) is 11.5 Å². The molecule has 0 heterocycles. The van der Waals surface area contributed by atoms with Gasteiger partial charge in [0.25, 0.3) is 0 Å². The molecule has 0 atom stereocenters. The van der Waals surface area contributed by atoms with Crippen LogP contribution in [0.2, 0.25) is 0 Å². The van der Waals surface area contributed by atoms with Gasteiger partial charge in [-0.15, -0.1) is 0 Å². The van der Waals surface area contributed by atoms with Gasteiger partial charge in [0.15, 0.2) is 0 Å². The molecule has 0 saturated heterocycles. The van der Waals surface area contributed by atoms with E-state index in [4.69, 9.17) is 15.1 Å². The van der Waals surface area contributed by atoms with Gasteiger partial charge in [0.1, 0.15) is 0 Å². The van der Waals surface area contributed by atoms with Crippen molar-refractivity contribution in [1.82, 2.24) is 0 Å². The van der Waals surface area contributed by atoms with Crippen LogP contribution in [0.3, 0.4) is 0 Å². The predicted molar refractivity (Wildman–Crippen MR) is 18.8 cm³/mol. The van der Waals surface area contributed by atoms with Gasteiger partial charge in [0.2, 0.25) is 0 Å². The standard InChI is InChI=1S/C2H8N2.O.V/c3-1-2-4;;/h1-4H2;;. The zero-order chi connectivity index (χ0) is 5.41. The first-order valence-corrected chi connectivity index (χ1v) is 2.07. The molecule has 3 nitrogen and oxygen atoms in total. The van der Waals surface area contributed by atoms with E-state index in [1.54, 1.807) is 0 Å². The van der Waals surface area contributed by atoms with Crippen LogP contribution in [0.25, 0.3) is 0 Å². The fourth-order valence-electron chi connectivity index (χ4n) is 0. The van der Waals surface area contributed by atoms with E-state index in [9.17, 15) is 0 Å². The van der Waals surface area contributed by atoms with Gasteiger partial charge in [0.05, 0.1) is 0 Å². The molecular weight excluding hydrogens is 119 g/mol. The molecule has 6 heavy (non-hydrogen) atoms. The number of hydrogen-bond donors (Lipinski definition) is 2. The molecule has 0 spiro atoms. The molecule has 0 rings (SSSR count). The molecule has 4 N–H and O–H groups in total. The zero-order valence-corrected chi connectivity index (χ0v) is 4.82. The summed E-state index contributed by atoms with van der Waals surface area (Å²) in [5, 5.41) is 0. The molecule has 0 unspecified atom stereocenters. The summed E-state index contributed by atoms with van der Waals surface area (Å²) in [7, 11) is 0. The van der Waals surface area contributed by atoms with Crippen LogP contribution in [0.1, 0.15) is 0 Å². The van der Waals surface area contributed by atoms with Gasteiger partial charge in [0, 0.05) is 13.1 Å². The number of rotatable bonds is 1. The Morgan fingerprint density at radius 3 is 1.33 bits per heavy atom. The molecule has 0 aliphatic rings. The van der Waals surface area contributed by atoms with Crippen LogP contribution in [-0.2, 0) is 21.0 Å². The van der Waals surface area contributed by atoms with Crippen molar-refractivity contribution in [3.63, 3.8) is 0 Å². The van der Waals surface area contributed by atoms with Crippen molar-refractivity contribution < 1.29 is 21.0 Å². The van der Waals surface area contributed by atoms with Crippen molar-refractivity contribution >= 4 is 0 Å². The maximum atomic E-state index is 8.19. The molecule has 0 fully saturated rings. The van der Waals surface area contributed by atoms with Gasteiger partial charge < -0.3 is 11.5 Å². The normalized spacial score (nSPS) is 5.50. The average Bonchev–Trinajstić information content (AvgIpc) is 1.72. The zero-order valence-electron chi connectivity index (χ0n) is 3.42. The first kappa shape index (κ1) is 9.57. The first-order chi connectivity index (χ1) is 2.91. The van der Waals surface area contributed by atoms with E-state index in [1.165, 1.54) is 0 Å². The summed E-state index contributed by atoms with van der Waals surface area (Å²) in [4.78, 5) is 0. The van der Waals surface area contributed by atoms with Gasteiger partial charge in [-0.2, -0.15) is 0 Å². The molecule has 0 aromatic heterocycles. The van der Waals surface area contributed by atoms with E-state index >= 15 is 0 Å². The Morgan fingerprint density at radius 2 is 1.33 bits per heavy atom. The van der Waals surface area contributed by atoms with Crippen LogP contribution in [0.15, 0.2) is 0 Å². The molecule has 0 radical (unpaired) electrons. The van der Waals surface area contributed by atoms with Crippen LogP contribution >= 0.6 is 0 Å². The first-order valence-electron chi connectivity index (χ1n) is 1.50. The van der Waals surface area contributed by atoms with Crippen molar-refractivity contribution in [2.45, 2.75) is 0 Å². The summed E-state index contributed by atoms with van der Waals surface area (Å²) in [5.41, 5.74) is 9.81. The minimum absolute atomic E-state index is 0.597. The Hall–Kier alpha value is 0.304. The summed E-state index contributed by atoms with van der Waals surface area (Å²) < 4.78 is 8.19. The second-order valence-electron chi connectivity index (χ2n) is 0.577. The Balaban J connectivity index is 0. The average molecular weight is 127 g/mol. The van der Waals surface area contributed by atoms with Crippen LogP contribution in [0.4, 0.5) is 0 Å². The third-order valence-electron chi connectivity index (χ3n) is 0.167. The van der Waals surface area contributed by atoms with Crippen molar-refractivity contribution in [2.75, 3.05) is 13.1 Å². The molecule has 0 bridgehead atoms. The van der Waals surface area contributed by atoms with Gasteiger partial charge in [-0.3, -0.25) is 0 Å². The molecule has 0 aromatic rings. The van der Waals surface area contributed by atoms with Crippen molar-refractivity contribution in [3.05, 3.63) is 0 Å². The van der Waals surface area contributed by atoms with Crippen LogP contribution in [0, 0.1) is 0 Å². The summed E-state index contributed by atoms with van der Waals surface area (Å²) >= 11 is 1.06. The van der Waals surface area contributed by atoms with Crippen LogP contribution in [-0.4, -0.2) is 13.1 Å². The van der Waals surface area contributed by atoms with E-state index in [-0.39, 0.29) is 0 Å². The summed E-state index contributed by atoms with van der Waals surface area (Å²) in [5.74, 6) is 0. The van der Waals surface area contributed by atoms with Crippen LogP contribution in [0.5, 0.6) is 0 Å². The fraction of sp³-hybridized carbons (Fsp3) is 1.00. The topological polar surface area (TPSA) is 69.1 Å². The van der Waals surface area contributed by atoms with Gasteiger partial charge in [-0.1, -0.05) is 0 Å². The molecule has 0 aliphatic heterocycles. The molecule has 37 valence electrons. The summed E-state index contributed by atoms with van der Waals surface area (Å²) in [6.45, 7) is 1.19. The summed E-state index contributed by atoms with van der Waals surface area (Å²) in [6, 6.07) is 0. The Kier molecular flexibility index (Phi) is 29.5. The van der Waals surface area contributed by atoms with Crippen LogP contribution < -0.4 is 11.5 Å². The quantitative estimate of drug-likeness (QED) is 0.464. The van der Waals surface area contributed by atoms with Gasteiger partial charge in [-0.25, -0.2) is 0 Å². The van der Waals surface area contributed by atoms with Gasteiger partial charge in [-0.05, 0) is 0 Å². The maximum absolute atomic E-state index is 8.19. The van der Waals surface area contributed by atoms with E-state index < -0.39 is 0 Å². The van der Waals surface area contributed by atoms with Crippen molar-refractivity contribution in [1.29, 1.82) is 0 Å². The van der Waals surface area contributed by atoms with Crippen molar-refractivity contribution in [3.8, 4) is 0 Å². The number of hydrogen-bond acceptors (Lipinski definition) is 3. The second-order valence-corrected chi connectivity index (χ2v) is 0.577. The minimum atomic E-state index is 0.597. The second kappa shape index (κ2) is 18.5. The van der Waals surface area contributed by atoms with E-state index in [2.05, 4.69) is 0 Å². The predicted octanol–water partition coefficient (Wildman–Crippen LogP) is -1.22. The van der Waals surface area contributed by atoms with E-state index in [0.29, 0.717) is 13.1 Å². The number of nitrogens with two attached hydrogens (primary N) is 2. The van der Waals surface area contributed by atoms with E-state index in [1.807, 2.05) is 0 Å². The van der Waals surface area contributed by atoms with E-state index in [0.717, 1.165) is 17.4 Å². The SMILES string of the molecule is NCCN.[O]=[V]. The Morgan fingerprint density at radius 1 is 1.17 bits per heavy atom. The third-order valence-corrected chi connectivity index (χ3v) is 0.167. The molecule has 0 saturated carbocycles. The van der Waals surface area contributed by atoms with Gasteiger partial charge >= 0.3 is 21.0 Å².